The smallest absolute Gasteiger partial charge is 0.253 e. The fraction of sp³-hybridized carbons (Fsp3) is 0.143. The van der Waals surface area contributed by atoms with Gasteiger partial charge in [-0.1, -0.05) is 41.9 Å². The van der Waals surface area contributed by atoms with Gasteiger partial charge in [-0.25, -0.2) is 9.37 Å². The fourth-order valence-electron chi connectivity index (χ4n) is 2.55. The van der Waals surface area contributed by atoms with E-state index >= 15 is 0 Å². The molecule has 0 atom stereocenters. The van der Waals surface area contributed by atoms with Crippen LogP contribution in [0.1, 0.15) is 21.5 Å². The molecule has 0 aliphatic rings. The lowest BCUT2D eigenvalue weighted by Gasteiger charge is -2.08. The quantitative estimate of drug-likeness (QED) is 0.633. The van der Waals surface area contributed by atoms with Crippen molar-refractivity contribution in [3.63, 3.8) is 0 Å². The summed E-state index contributed by atoms with van der Waals surface area (Å²) in [6.45, 7) is 0.967. The molecule has 4 nitrogen and oxygen atoms in total. The Morgan fingerprint density at radius 2 is 1.81 bits per heavy atom. The van der Waals surface area contributed by atoms with E-state index in [0.717, 1.165) is 5.56 Å². The number of benzene rings is 2. The molecular formula is C21H19ClFN3O. The van der Waals surface area contributed by atoms with E-state index in [2.05, 4.69) is 15.6 Å². The summed E-state index contributed by atoms with van der Waals surface area (Å²) in [5.74, 6) is 0.232. The molecule has 3 aromatic rings. The molecule has 1 amide bonds. The van der Waals surface area contributed by atoms with E-state index in [0.29, 0.717) is 41.5 Å². The van der Waals surface area contributed by atoms with Crippen molar-refractivity contribution < 1.29 is 9.18 Å². The highest BCUT2D eigenvalue weighted by molar-refractivity contribution is 6.30. The summed E-state index contributed by atoms with van der Waals surface area (Å²) < 4.78 is 13.6. The highest BCUT2D eigenvalue weighted by Crippen LogP contribution is 2.11. The van der Waals surface area contributed by atoms with E-state index < -0.39 is 0 Å². The fourth-order valence-corrected chi connectivity index (χ4v) is 2.67. The first kappa shape index (κ1) is 18.9. The second kappa shape index (κ2) is 9.14. The van der Waals surface area contributed by atoms with Crippen molar-refractivity contribution in [3.05, 3.63) is 94.4 Å². The van der Waals surface area contributed by atoms with E-state index in [-0.39, 0.29) is 11.7 Å². The molecule has 138 valence electrons. The molecule has 3 rings (SSSR count). The number of amides is 1. The standard InChI is InChI=1S/C21H19ClFN3O/c22-18-8-5-15(6-9-18)13-26-21(27)17-7-10-20(25-14-17)24-12-11-16-3-1-2-4-19(16)23/h1-10,14H,11-13H2,(H,24,25)(H,26,27). The van der Waals surface area contributed by atoms with Crippen molar-refractivity contribution in [2.45, 2.75) is 13.0 Å². The Bertz CT molecular complexity index is 898. The molecule has 0 aliphatic carbocycles. The number of hydrogen-bond acceptors (Lipinski definition) is 3. The van der Waals surface area contributed by atoms with Crippen LogP contribution in [0.2, 0.25) is 5.02 Å². The molecule has 2 N–H and O–H groups in total. The number of rotatable bonds is 7. The minimum atomic E-state index is -0.208. The SMILES string of the molecule is O=C(NCc1ccc(Cl)cc1)c1ccc(NCCc2ccccc2F)nc1. The number of carbonyl (C=O) groups is 1. The van der Waals surface area contributed by atoms with Gasteiger partial charge in [-0.05, 0) is 47.9 Å². The van der Waals surface area contributed by atoms with Crippen molar-refractivity contribution >= 4 is 23.3 Å². The van der Waals surface area contributed by atoms with Crippen LogP contribution in [0.25, 0.3) is 0 Å². The maximum absolute atomic E-state index is 13.6. The molecule has 0 fully saturated rings. The maximum atomic E-state index is 13.6. The van der Waals surface area contributed by atoms with Gasteiger partial charge in [0.1, 0.15) is 11.6 Å². The van der Waals surface area contributed by atoms with Gasteiger partial charge < -0.3 is 10.6 Å². The lowest BCUT2D eigenvalue weighted by atomic mass is 10.1. The summed E-state index contributed by atoms with van der Waals surface area (Å²) in [6.07, 6.45) is 2.07. The Labute approximate surface area is 162 Å². The predicted octanol–water partition coefficient (Wildman–Crippen LogP) is 4.46. The van der Waals surface area contributed by atoms with Gasteiger partial charge in [0.2, 0.25) is 0 Å². The number of anilines is 1. The summed E-state index contributed by atoms with van der Waals surface area (Å²) in [4.78, 5) is 16.4. The van der Waals surface area contributed by atoms with Gasteiger partial charge in [0.05, 0.1) is 5.56 Å². The van der Waals surface area contributed by atoms with Crippen LogP contribution in [0, 0.1) is 5.82 Å². The third-order valence-corrected chi connectivity index (χ3v) is 4.30. The van der Waals surface area contributed by atoms with Crippen LogP contribution in [0.5, 0.6) is 0 Å². The number of halogens is 2. The summed E-state index contributed by atoms with van der Waals surface area (Å²) in [7, 11) is 0. The zero-order valence-electron chi connectivity index (χ0n) is 14.6. The monoisotopic (exact) mass is 383 g/mol. The van der Waals surface area contributed by atoms with Crippen molar-refractivity contribution in [1.29, 1.82) is 0 Å². The van der Waals surface area contributed by atoms with Crippen LogP contribution in [-0.2, 0) is 13.0 Å². The van der Waals surface area contributed by atoms with Crippen molar-refractivity contribution in [2.75, 3.05) is 11.9 Å². The largest absolute Gasteiger partial charge is 0.370 e. The Balaban J connectivity index is 1.48. The van der Waals surface area contributed by atoms with Gasteiger partial charge >= 0.3 is 0 Å². The normalized spacial score (nSPS) is 10.4. The summed E-state index contributed by atoms with van der Waals surface area (Å²) in [6, 6.07) is 17.4. The van der Waals surface area contributed by atoms with Gasteiger partial charge in [-0.2, -0.15) is 0 Å². The molecule has 0 saturated heterocycles. The zero-order chi connectivity index (χ0) is 19.1. The first-order valence-corrected chi connectivity index (χ1v) is 8.95. The van der Waals surface area contributed by atoms with Crippen LogP contribution in [0.4, 0.5) is 10.2 Å². The zero-order valence-corrected chi connectivity index (χ0v) is 15.3. The third kappa shape index (κ3) is 5.53. The Kier molecular flexibility index (Phi) is 6.39. The summed E-state index contributed by atoms with van der Waals surface area (Å²) >= 11 is 5.84. The first-order chi connectivity index (χ1) is 13.1. The molecule has 1 aromatic heterocycles. The number of nitrogens with one attached hydrogen (secondary N) is 2. The highest BCUT2D eigenvalue weighted by Gasteiger charge is 2.06. The van der Waals surface area contributed by atoms with Crippen LogP contribution in [-0.4, -0.2) is 17.4 Å². The second-order valence-corrected chi connectivity index (χ2v) is 6.45. The molecule has 27 heavy (non-hydrogen) atoms. The van der Waals surface area contributed by atoms with Gasteiger partial charge in [-0.15, -0.1) is 0 Å². The number of nitrogens with zero attached hydrogens (tertiary/aromatic N) is 1. The van der Waals surface area contributed by atoms with E-state index in [9.17, 15) is 9.18 Å². The Morgan fingerprint density at radius 1 is 1.04 bits per heavy atom. The lowest BCUT2D eigenvalue weighted by molar-refractivity contribution is 0.0950. The van der Waals surface area contributed by atoms with Crippen LogP contribution < -0.4 is 10.6 Å². The lowest BCUT2D eigenvalue weighted by Crippen LogP contribution is -2.23. The number of aromatic nitrogens is 1. The average molecular weight is 384 g/mol. The molecule has 6 heteroatoms. The minimum absolute atomic E-state index is 0.199. The summed E-state index contributed by atoms with van der Waals surface area (Å²) in [5.41, 5.74) is 2.10. The van der Waals surface area contributed by atoms with Crippen LogP contribution in [0.15, 0.2) is 66.9 Å². The highest BCUT2D eigenvalue weighted by atomic mass is 35.5. The first-order valence-electron chi connectivity index (χ1n) is 8.58. The van der Waals surface area contributed by atoms with Crippen LogP contribution in [0.3, 0.4) is 0 Å². The van der Waals surface area contributed by atoms with E-state index in [1.807, 2.05) is 18.2 Å². The minimum Gasteiger partial charge on any atom is -0.370 e. The summed E-state index contributed by atoms with van der Waals surface area (Å²) in [5, 5.41) is 6.63. The topological polar surface area (TPSA) is 54.0 Å². The molecule has 0 bridgehead atoms. The molecule has 0 unspecified atom stereocenters. The molecule has 0 spiro atoms. The molecule has 0 aliphatic heterocycles. The molecule has 2 aromatic carbocycles. The van der Waals surface area contributed by atoms with E-state index in [1.54, 1.807) is 36.4 Å². The van der Waals surface area contributed by atoms with Crippen LogP contribution >= 0.6 is 11.6 Å². The number of carbonyl (C=O) groups excluding carboxylic acids is 1. The average Bonchev–Trinajstić information content (AvgIpc) is 2.69. The van der Waals surface area contributed by atoms with Crippen molar-refractivity contribution in [1.82, 2.24) is 10.3 Å². The van der Waals surface area contributed by atoms with Gasteiger partial charge in [0, 0.05) is 24.3 Å². The molecule has 0 saturated carbocycles. The second-order valence-electron chi connectivity index (χ2n) is 6.01. The third-order valence-electron chi connectivity index (χ3n) is 4.05. The number of pyridine rings is 1. The van der Waals surface area contributed by atoms with Gasteiger partial charge in [-0.3, -0.25) is 4.79 Å². The van der Waals surface area contributed by atoms with Gasteiger partial charge in [0.15, 0.2) is 0 Å². The van der Waals surface area contributed by atoms with Crippen molar-refractivity contribution in [3.8, 4) is 0 Å². The Morgan fingerprint density at radius 3 is 2.52 bits per heavy atom. The molecular weight excluding hydrogens is 365 g/mol. The maximum Gasteiger partial charge on any atom is 0.253 e. The molecule has 1 heterocycles. The van der Waals surface area contributed by atoms with Gasteiger partial charge in [0.25, 0.3) is 5.91 Å². The van der Waals surface area contributed by atoms with Crippen molar-refractivity contribution in [2.24, 2.45) is 0 Å². The predicted molar refractivity (Wildman–Crippen MR) is 105 cm³/mol. The number of hydrogen-bond donors (Lipinski definition) is 2. The molecule has 0 radical (unpaired) electrons. The van der Waals surface area contributed by atoms with E-state index in [4.69, 9.17) is 11.6 Å². The Hall–Kier alpha value is -2.92. The van der Waals surface area contributed by atoms with E-state index in [1.165, 1.54) is 12.3 Å².